The Morgan fingerprint density at radius 2 is 2.04 bits per heavy atom. The highest BCUT2D eigenvalue weighted by atomic mass is 32.1. The van der Waals surface area contributed by atoms with E-state index < -0.39 is 35.2 Å². The molecular formula is C12H8F3N3O4S. The van der Waals surface area contributed by atoms with Gasteiger partial charge >= 0.3 is 12.1 Å². The number of amides is 1. The molecule has 2 aromatic rings. The molecule has 0 unspecified atom stereocenters. The number of aromatic nitrogens is 2. The maximum Gasteiger partial charge on any atom is 0.437 e. The van der Waals surface area contributed by atoms with Gasteiger partial charge in [0.1, 0.15) is 11.4 Å². The van der Waals surface area contributed by atoms with Crippen molar-refractivity contribution >= 4 is 29.0 Å². The Labute approximate surface area is 130 Å². The summed E-state index contributed by atoms with van der Waals surface area (Å²) in [5.74, 6) is -3.03. The van der Waals surface area contributed by atoms with E-state index in [1.54, 1.807) is 0 Å². The van der Waals surface area contributed by atoms with Gasteiger partial charge in [0.25, 0.3) is 5.91 Å². The number of rotatable bonds is 3. The largest absolute Gasteiger partial charge is 0.506 e. The molecule has 0 aromatic carbocycles. The second-order valence-electron chi connectivity index (χ2n) is 4.04. The maximum absolute atomic E-state index is 12.7. The first-order chi connectivity index (χ1) is 10.7. The molecule has 0 saturated carbocycles. The highest BCUT2D eigenvalue weighted by Gasteiger charge is 2.36. The normalized spacial score (nSPS) is 11.1. The molecule has 7 nitrogen and oxygen atoms in total. The summed E-state index contributed by atoms with van der Waals surface area (Å²) in [5, 5.41) is 11.3. The molecule has 0 fully saturated rings. The van der Waals surface area contributed by atoms with E-state index in [1.165, 1.54) is 5.51 Å². The fourth-order valence-corrected chi connectivity index (χ4v) is 2.19. The Kier molecular flexibility index (Phi) is 4.50. The number of nitrogens with one attached hydrogen (secondary N) is 1. The van der Waals surface area contributed by atoms with E-state index in [0.717, 1.165) is 24.5 Å². The molecule has 0 aliphatic rings. The number of alkyl halides is 3. The minimum Gasteiger partial charge on any atom is -0.506 e. The molecule has 2 N–H and O–H groups in total. The highest BCUT2D eigenvalue weighted by molar-refractivity contribution is 7.12. The van der Waals surface area contributed by atoms with Crippen molar-refractivity contribution in [1.82, 2.24) is 9.97 Å². The van der Waals surface area contributed by atoms with Crippen molar-refractivity contribution in [1.29, 1.82) is 0 Å². The number of pyridine rings is 1. The summed E-state index contributed by atoms with van der Waals surface area (Å²) in [4.78, 5) is 30.2. The number of hydrogen-bond donors (Lipinski definition) is 2. The Bertz CT molecular complexity index is 760. The van der Waals surface area contributed by atoms with Crippen LogP contribution in [0.15, 0.2) is 17.6 Å². The van der Waals surface area contributed by atoms with Crippen LogP contribution in [0.1, 0.15) is 25.9 Å². The van der Waals surface area contributed by atoms with Crippen molar-refractivity contribution in [2.75, 3.05) is 12.4 Å². The van der Waals surface area contributed by atoms with Crippen molar-refractivity contribution in [2.45, 2.75) is 6.18 Å². The number of carbonyl (C=O) groups excluding carboxylic acids is 2. The van der Waals surface area contributed by atoms with E-state index in [1.807, 2.05) is 0 Å². The van der Waals surface area contributed by atoms with Gasteiger partial charge < -0.3 is 15.2 Å². The molecule has 2 heterocycles. The third-order valence-electron chi connectivity index (χ3n) is 2.55. The smallest absolute Gasteiger partial charge is 0.437 e. The lowest BCUT2D eigenvalue weighted by molar-refractivity contribution is -0.142. The van der Waals surface area contributed by atoms with Crippen LogP contribution in [0, 0.1) is 0 Å². The van der Waals surface area contributed by atoms with E-state index in [4.69, 9.17) is 0 Å². The molecule has 0 spiro atoms. The van der Waals surface area contributed by atoms with Gasteiger partial charge in [0, 0.05) is 0 Å². The third-order valence-corrected chi connectivity index (χ3v) is 3.35. The fraction of sp³-hybridized carbons (Fsp3) is 0.167. The summed E-state index contributed by atoms with van der Waals surface area (Å²) in [5.41, 5.74) is -0.927. The van der Waals surface area contributed by atoms with Crippen LogP contribution in [-0.4, -0.2) is 34.1 Å². The van der Waals surface area contributed by atoms with Gasteiger partial charge in [-0.2, -0.15) is 13.2 Å². The zero-order chi connectivity index (χ0) is 17.2. The number of carbonyl (C=O) groups is 2. The van der Waals surface area contributed by atoms with Gasteiger partial charge in [0.2, 0.25) is 0 Å². The molecule has 2 rings (SSSR count). The highest BCUT2D eigenvalue weighted by Crippen LogP contribution is 2.34. The molecule has 0 atom stereocenters. The van der Waals surface area contributed by atoms with Gasteiger partial charge in [-0.05, 0) is 12.1 Å². The molecule has 2 aromatic heterocycles. The van der Waals surface area contributed by atoms with Crippen LogP contribution in [0.25, 0.3) is 0 Å². The number of thiazole rings is 1. The average molecular weight is 347 g/mol. The van der Waals surface area contributed by atoms with Crippen LogP contribution < -0.4 is 5.32 Å². The summed E-state index contributed by atoms with van der Waals surface area (Å²) in [6.45, 7) is 0. The van der Waals surface area contributed by atoms with Crippen LogP contribution in [0.4, 0.5) is 19.0 Å². The average Bonchev–Trinajstić information content (AvgIpc) is 2.93. The number of nitrogens with zero attached hydrogens (tertiary/aromatic N) is 2. The first kappa shape index (κ1) is 16.7. The maximum atomic E-state index is 12.7. The molecular weight excluding hydrogens is 339 g/mol. The van der Waals surface area contributed by atoms with Gasteiger partial charge in [0.05, 0.1) is 12.6 Å². The number of halogens is 3. The van der Waals surface area contributed by atoms with E-state index >= 15 is 0 Å². The van der Waals surface area contributed by atoms with E-state index in [-0.39, 0.29) is 10.7 Å². The van der Waals surface area contributed by atoms with E-state index in [2.05, 4.69) is 20.0 Å². The van der Waals surface area contributed by atoms with Gasteiger partial charge in [0.15, 0.2) is 16.4 Å². The number of methoxy groups -OCH3 is 1. The molecule has 0 saturated heterocycles. The number of ether oxygens (including phenoxy) is 1. The third kappa shape index (κ3) is 3.56. The molecule has 0 radical (unpaired) electrons. The zero-order valence-corrected chi connectivity index (χ0v) is 12.2. The second-order valence-corrected chi connectivity index (χ2v) is 4.89. The molecule has 11 heteroatoms. The van der Waals surface area contributed by atoms with Gasteiger partial charge in [-0.25, -0.2) is 14.8 Å². The summed E-state index contributed by atoms with van der Waals surface area (Å²) in [7, 11) is 1.13. The first-order valence-corrected chi connectivity index (χ1v) is 6.72. The lowest BCUT2D eigenvalue weighted by atomic mass is 10.2. The van der Waals surface area contributed by atoms with Gasteiger partial charge in [-0.3, -0.25) is 4.79 Å². The number of esters is 1. The van der Waals surface area contributed by atoms with Crippen molar-refractivity contribution in [3.8, 4) is 5.75 Å². The molecule has 23 heavy (non-hydrogen) atoms. The Morgan fingerprint density at radius 1 is 1.35 bits per heavy atom. The molecule has 1 amide bonds. The molecule has 0 aliphatic heterocycles. The molecule has 0 aliphatic carbocycles. The predicted octanol–water partition coefficient (Wildman–Crippen LogP) is 2.30. The van der Waals surface area contributed by atoms with Crippen molar-refractivity contribution < 1.29 is 32.6 Å². The van der Waals surface area contributed by atoms with E-state index in [9.17, 15) is 27.9 Å². The lowest BCUT2D eigenvalue weighted by Crippen LogP contribution is -2.18. The summed E-state index contributed by atoms with van der Waals surface area (Å²) >= 11 is 0.888. The fourth-order valence-electron chi connectivity index (χ4n) is 1.53. The van der Waals surface area contributed by atoms with Crippen LogP contribution in [0.5, 0.6) is 5.75 Å². The SMILES string of the molecule is COC(=O)c1scnc1NC(=O)c1ccc(O)c(C(F)(F)F)n1. The summed E-state index contributed by atoms with van der Waals surface area (Å²) < 4.78 is 42.5. The monoisotopic (exact) mass is 347 g/mol. The van der Waals surface area contributed by atoms with Crippen molar-refractivity contribution in [2.24, 2.45) is 0 Å². The topological polar surface area (TPSA) is 101 Å². The number of anilines is 1. The predicted molar refractivity (Wildman–Crippen MR) is 72.3 cm³/mol. The van der Waals surface area contributed by atoms with E-state index in [0.29, 0.717) is 6.07 Å². The lowest BCUT2D eigenvalue weighted by Gasteiger charge is -2.09. The van der Waals surface area contributed by atoms with Crippen LogP contribution in [0.3, 0.4) is 0 Å². The van der Waals surface area contributed by atoms with Crippen molar-refractivity contribution in [3.63, 3.8) is 0 Å². The molecule has 122 valence electrons. The van der Waals surface area contributed by atoms with Gasteiger partial charge in [-0.1, -0.05) is 0 Å². The minimum absolute atomic E-state index is 0.0179. The Hall–Kier alpha value is -2.69. The molecule has 0 bridgehead atoms. The zero-order valence-electron chi connectivity index (χ0n) is 11.3. The van der Waals surface area contributed by atoms with Crippen LogP contribution in [0.2, 0.25) is 0 Å². The first-order valence-electron chi connectivity index (χ1n) is 5.84. The van der Waals surface area contributed by atoms with Gasteiger partial charge in [-0.15, -0.1) is 11.3 Å². The quantitative estimate of drug-likeness (QED) is 0.826. The van der Waals surface area contributed by atoms with Crippen LogP contribution >= 0.6 is 11.3 Å². The number of aromatic hydroxyl groups is 1. The van der Waals surface area contributed by atoms with Crippen molar-refractivity contribution in [3.05, 3.63) is 33.9 Å². The number of hydrogen-bond acceptors (Lipinski definition) is 7. The van der Waals surface area contributed by atoms with Crippen LogP contribution in [-0.2, 0) is 10.9 Å². The Morgan fingerprint density at radius 3 is 2.65 bits per heavy atom. The summed E-state index contributed by atoms with van der Waals surface area (Å²) in [6.07, 6.45) is -4.92. The standard InChI is InChI=1S/C12H8F3N3O4S/c1-22-11(21)7-9(16-4-23-7)18-10(20)5-2-3-6(19)8(17-5)12(13,14)15/h2-4,19H,1H3,(H,18,20). The minimum atomic E-state index is -4.92. The summed E-state index contributed by atoms with van der Waals surface area (Å²) in [6, 6.07) is 1.61. The second kappa shape index (κ2) is 6.20. The Balaban J connectivity index is 2.29.